The van der Waals surface area contributed by atoms with Gasteiger partial charge in [-0.3, -0.25) is 4.79 Å². The minimum atomic E-state index is -0.183. The first-order valence-corrected chi connectivity index (χ1v) is 9.82. The molecule has 0 aliphatic rings. The zero-order valence-electron chi connectivity index (χ0n) is 13.4. The van der Waals surface area contributed by atoms with Crippen molar-refractivity contribution in [2.24, 2.45) is 0 Å². The third-order valence-electron chi connectivity index (χ3n) is 3.45. The van der Waals surface area contributed by atoms with Crippen LogP contribution in [0, 0.1) is 5.82 Å². The van der Waals surface area contributed by atoms with Gasteiger partial charge < -0.3 is 5.32 Å². The molecule has 0 unspecified atom stereocenters. The number of thiazole rings is 1. The molecule has 1 aromatic heterocycles. The van der Waals surface area contributed by atoms with Crippen molar-refractivity contribution < 1.29 is 9.18 Å². The second kappa shape index (κ2) is 8.78. The summed E-state index contributed by atoms with van der Waals surface area (Å²) in [5.74, 6) is 1.00. The molecule has 0 bridgehead atoms. The van der Waals surface area contributed by atoms with E-state index in [4.69, 9.17) is 0 Å². The number of rotatable bonds is 7. The highest BCUT2D eigenvalue weighted by Gasteiger charge is 2.02. The number of nitrogens with one attached hydrogen (secondary N) is 1. The van der Waals surface area contributed by atoms with E-state index in [1.165, 1.54) is 12.1 Å². The number of carbonyl (C=O) groups is 1. The predicted molar refractivity (Wildman–Crippen MR) is 104 cm³/mol. The van der Waals surface area contributed by atoms with Crippen molar-refractivity contribution in [1.29, 1.82) is 0 Å². The highest BCUT2D eigenvalue weighted by Crippen LogP contribution is 2.22. The average Bonchev–Trinajstić information content (AvgIpc) is 3.04. The van der Waals surface area contributed by atoms with Gasteiger partial charge in [-0.25, -0.2) is 9.37 Å². The van der Waals surface area contributed by atoms with Gasteiger partial charge in [0.25, 0.3) is 0 Å². The standard InChI is InChI=1S/C19H17FN2OS2/c20-15-6-2-1-5-14(15)13-24-12-11-21-18(23)9-10-19-22-16-7-3-4-8-17(16)25-19/h1-10H,11-13H2,(H,21,23)/b10-9+. The molecule has 0 atom stereocenters. The number of aromatic nitrogens is 1. The van der Waals surface area contributed by atoms with E-state index in [-0.39, 0.29) is 11.7 Å². The lowest BCUT2D eigenvalue weighted by molar-refractivity contribution is -0.116. The Balaban J connectivity index is 1.40. The zero-order valence-corrected chi connectivity index (χ0v) is 15.1. The molecule has 0 saturated carbocycles. The van der Waals surface area contributed by atoms with Crippen LogP contribution in [-0.2, 0) is 10.5 Å². The fourth-order valence-electron chi connectivity index (χ4n) is 2.21. The SMILES string of the molecule is O=C(/C=C/c1nc2ccccc2s1)NCCSCc1ccccc1F. The molecule has 0 fully saturated rings. The van der Waals surface area contributed by atoms with Crippen LogP contribution in [0.1, 0.15) is 10.6 Å². The minimum absolute atomic E-state index is 0.147. The quantitative estimate of drug-likeness (QED) is 0.490. The fourth-order valence-corrected chi connectivity index (χ4v) is 3.93. The summed E-state index contributed by atoms with van der Waals surface area (Å²) in [5.41, 5.74) is 1.63. The van der Waals surface area contributed by atoms with Gasteiger partial charge in [0.05, 0.1) is 10.2 Å². The maximum atomic E-state index is 13.5. The van der Waals surface area contributed by atoms with Gasteiger partial charge in [0.2, 0.25) is 5.91 Å². The molecule has 25 heavy (non-hydrogen) atoms. The monoisotopic (exact) mass is 372 g/mol. The summed E-state index contributed by atoms with van der Waals surface area (Å²) in [6, 6.07) is 14.6. The summed E-state index contributed by atoms with van der Waals surface area (Å²) in [6.45, 7) is 0.544. The number of thioether (sulfide) groups is 1. The van der Waals surface area contributed by atoms with Gasteiger partial charge in [-0.2, -0.15) is 11.8 Å². The van der Waals surface area contributed by atoms with E-state index in [1.807, 2.05) is 30.3 Å². The molecule has 1 N–H and O–H groups in total. The Morgan fingerprint density at radius 1 is 1.20 bits per heavy atom. The van der Waals surface area contributed by atoms with Crippen molar-refractivity contribution in [3.63, 3.8) is 0 Å². The first-order valence-electron chi connectivity index (χ1n) is 7.85. The van der Waals surface area contributed by atoms with E-state index < -0.39 is 0 Å². The normalized spacial score (nSPS) is 11.2. The number of amides is 1. The number of halogens is 1. The molecule has 6 heteroatoms. The largest absolute Gasteiger partial charge is 0.352 e. The van der Waals surface area contributed by atoms with Crippen LogP contribution in [0.2, 0.25) is 0 Å². The van der Waals surface area contributed by atoms with E-state index in [0.717, 1.165) is 21.0 Å². The number of hydrogen-bond donors (Lipinski definition) is 1. The Hall–Kier alpha value is -2.18. The summed E-state index contributed by atoms with van der Waals surface area (Å²) >= 11 is 3.14. The summed E-state index contributed by atoms with van der Waals surface area (Å²) < 4.78 is 14.6. The highest BCUT2D eigenvalue weighted by molar-refractivity contribution is 7.98. The molecular formula is C19H17FN2OS2. The molecule has 1 amide bonds. The molecule has 0 radical (unpaired) electrons. The smallest absolute Gasteiger partial charge is 0.244 e. The lowest BCUT2D eigenvalue weighted by Crippen LogP contribution is -2.23. The molecule has 0 spiro atoms. The van der Waals surface area contributed by atoms with Crippen molar-refractivity contribution in [2.45, 2.75) is 5.75 Å². The Bertz CT molecular complexity index is 859. The van der Waals surface area contributed by atoms with Crippen LogP contribution in [0.15, 0.2) is 54.6 Å². The number of para-hydroxylation sites is 1. The number of carbonyl (C=O) groups excluding carboxylic acids is 1. The molecule has 128 valence electrons. The van der Waals surface area contributed by atoms with Gasteiger partial charge in [-0.05, 0) is 29.8 Å². The zero-order chi connectivity index (χ0) is 17.5. The van der Waals surface area contributed by atoms with Crippen molar-refractivity contribution >= 4 is 45.3 Å². The minimum Gasteiger partial charge on any atom is -0.352 e. The number of fused-ring (bicyclic) bond motifs is 1. The number of nitrogens with zero attached hydrogens (tertiary/aromatic N) is 1. The van der Waals surface area contributed by atoms with Crippen LogP contribution in [0.5, 0.6) is 0 Å². The molecule has 0 saturated heterocycles. The second-order valence-electron chi connectivity index (χ2n) is 5.29. The maximum absolute atomic E-state index is 13.5. The van der Waals surface area contributed by atoms with Crippen molar-refractivity contribution in [3.05, 3.63) is 71.0 Å². The fraction of sp³-hybridized carbons (Fsp3) is 0.158. The van der Waals surface area contributed by atoms with Gasteiger partial charge in [0.15, 0.2) is 0 Å². The predicted octanol–water partition coefficient (Wildman–Crippen LogP) is 4.50. The third-order valence-corrected chi connectivity index (χ3v) is 5.46. The summed E-state index contributed by atoms with van der Waals surface area (Å²) in [5, 5.41) is 3.63. The van der Waals surface area contributed by atoms with Gasteiger partial charge in [0.1, 0.15) is 10.8 Å². The van der Waals surface area contributed by atoms with Crippen LogP contribution < -0.4 is 5.32 Å². The van der Waals surface area contributed by atoms with Gasteiger partial charge >= 0.3 is 0 Å². The Morgan fingerprint density at radius 3 is 2.84 bits per heavy atom. The molecular weight excluding hydrogens is 355 g/mol. The first-order chi connectivity index (χ1) is 12.2. The van der Waals surface area contributed by atoms with Crippen LogP contribution in [0.4, 0.5) is 4.39 Å². The number of hydrogen-bond acceptors (Lipinski definition) is 4. The van der Waals surface area contributed by atoms with Crippen molar-refractivity contribution in [1.82, 2.24) is 10.3 Å². The first kappa shape index (κ1) is 17.6. The molecule has 0 aliphatic heterocycles. The van der Waals surface area contributed by atoms with Crippen molar-refractivity contribution in [3.8, 4) is 0 Å². The maximum Gasteiger partial charge on any atom is 0.244 e. The van der Waals surface area contributed by atoms with E-state index in [2.05, 4.69) is 10.3 Å². The van der Waals surface area contributed by atoms with E-state index >= 15 is 0 Å². The summed E-state index contributed by atoms with van der Waals surface area (Å²) in [7, 11) is 0. The van der Waals surface area contributed by atoms with E-state index in [1.54, 1.807) is 41.3 Å². The highest BCUT2D eigenvalue weighted by atomic mass is 32.2. The summed E-state index contributed by atoms with van der Waals surface area (Å²) in [4.78, 5) is 16.3. The molecule has 3 aromatic rings. The van der Waals surface area contributed by atoms with Crippen molar-refractivity contribution in [2.75, 3.05) is 12.3 Å². The average molecular weight is 372 g/mol. The van der Waals surface area contributed by atoms with Gasteiger partial charge in [0, 0.05) is 24.1 Å². The molecule has 2 aromatic carbocycles. The summed E-state index contributed by atoms with van der Waals surface area (Å²) in [6.07, 6.45) is 3.23. The van der Waals surface area contributed by atoms with E-state index in [0.29, 0.717) is 17.9 Å². The third kappa shape index (κ3) is 5.14. The second-order valence-corrected chi connectivity index (χ2v) is 7.46. The topological polar surface area (TPSA) is 42.0 Å². The van der Waals surface area contributed by atoms with Gasteiger partial charge in [-0.15, -0.1) is 11.3 Å². The molecule has 3 nitrogen and oxygen atoms in total. The van der Waals surface area contributed by atoms with Crippen LogP contribution in [0.3, 0.4) is 0 Å². The molecule has 3 rings (SSSR count). The van der Waals surface area contributed by atoms with E-state index in [9.17, 15) is 9.18 Å². The lowest BCUT2D eigenvalue weighted by Gasteiger charge is -2.04. The van der Waals surface area contributed by atoms with Crippen LogP contribution in [0.25, 0.3) is 16.3 Å². The Labute approximate surface area is 154 Å². The molecule has 1 heterocycles. The lowest BCUT2D eigenvalue weighted by atomic mass is 10.2. The Kier molecular flexibility index (Phi) is 6.19. The van der Waals surface area contributed by atoms with Gasteiger partial charge in [-0.1, -0.05) is 30.3 Å². The molecule has 0 aliphatic carbocycles. The van der Waals surface area contributed by atoms with Crippen LogP contribution in [-0.4, -0.2) is 23.2 Å². The van der Waals surface area contributed by atoms with Crippen LogP contribution >= 0.6 is 23.1 Å². The Morgan fingerprint density at radius 2 is 2.00 bits per heavy atom. The number of benzene rings is 2.